The summed E-state index contributed by atoms with van der Waals surface area (Å²) in [7, 11) is 1.54. The fourth-order valence-corrected chi connectivity index (χ4v) is 2.06. The Morgan fingerprint density at radius 2 is 2.16 bits per heavy atom. The largest absolute Gasteiger partial charge is 0.396 e. The minimum absolute atomic E-state index is 0.319. The number of carbonyl (C=O) groups excluding carboxylic acids is 1. The molecule has 1 rings (SSSR count). The molecular formula is C12H22N4O3. The standard InChI is InChI=1S/C12H22N4O3/c1-7-19-14-8(2)12(15-18)9(11(3,4)5)13-16(6)10(12)17/h15,18H,7H2,1-6H3. The van der Waals surface area contributed by atoms with Crippen LogP contribution in [0.1, 0.15) is 34.6 Å². The lowest BCUT2D eigenvalue weighted by Gasteiger charge is -2.32. The third-order valence-electron chi connectivity index (χ3n) is 2.97. The molecule has 1 aliphatic rings. The number of hydrogen-bond acceptors (Lipinski definition) is 6. The van der Waals surface area contributed by atoms with E-state index >= 15 is 0 Å². The van der Waals surface area contributed by atoms with Crippen LogP contribution in [0.2, 0.25) is 0 Å². The van der Waals surface area contributed by atoms with Gasteiger partial charge in [-0.2, -0.15) is 10.6 Å². The smallest absolute Gasteiger partial charge is 0.276 e. The van der Waals surface area contributed by atoms with Crippen LogP contribution in [0.5, 0.6) is 0 Å². The SMILES string of the molecule is CCON=C(C)C1(NO)C(=O)N(C)N=C1C(C)(C)C. The summed E-state index contributed by atoms with van der Waals surface area (Å²) >= 11 is 0. The van der Waals surface area contributed by atoms with Crippen molar-refractivity contribution >= 4 is 17.3 Å². The predicted molar refractivity (Wildman–Crippen MR) is 72.0 cm³/mol. The average molecular weight is 270 g/mol. The van der Waals surface area contributed by atoms with Crippen molar-refractivity contribution in [3.63, 3.8) is 0 Å². The molecule has 1 atom stereocenters. The number of amides is 1. The number of nitrogens with one attached hydrogen (secondary N) is 1. The zero-order chi connectivity index (χ0) is 14.8. The molecular weight excluding hydrogens is 248 g/mol. The van der Waals surface area contributed by atoms with E-state index in [4.69, 9.17) is 4.84 Å². The Morgan fingerprint density at radius 1 is 1.58 bits per heavy atom. The molecule has 0 aliphatic carbocycles. The molecule has 1 aliphatic heterocycles. The second kappa shape index (κ2) is 5.26. The molecule has 108 valence electrons. The Bertz CT molecular complexity index is 425. The normalized spacial score (nSPS) is 24.8. The van der Waals surface area contributed by atoms with Crippen molar-refractivity contribution in [3.05, 3.63) is 0 Å². The predicted octanol–water partition coefficient (Wildman–Crippen LogP) is 0.990. The van der Waals surface area contributed by atoms with Crippen molar-refractivity contribution in [1.82, 2.24) is 10.5 Å². The molecule has 0 aromatic rings. The van der Waals surface area contributed by atoms with Gasteiger partial charge in [-0.3, -0.25) is 4.79 Å². The maximum atomic E-state index is 12.4. The van der Waals surface area contributed by atoms with Crippen LogP contribution < -0.4 is 5.48 Å². The van der Waals surface area contributed by atoms with Gasteiger partial charge in [-0.15, -0.1) is 0 Å². The van der Waals surface area contributed by atoms with E-state index in [-0.39, 0.29) is 5.91 Å². The quantitative estimate of drug-likeness (QED) is 0.589. The van der Waals surface area contributed by atoms with Crippen molar-refractivity contribution in [3.8, 4) is 0 Å². The summed E-state index contributed by atoms with van der Waals surface area (Å²) in [6.45, 7) is 9.54. The second-order valence-corrected chi connectivity index (χ2v) is 5.48. The maximum Gasteiger partial charge on any atom is 0.276 e. The number of carbonyl (C=O) groups is 1. The summed E-state index contributed by atoms with van der Waals surface area (Å²) in [5.41, 5.74) is 1.03. The van der Waals surface area contributed by atoms with Crippen molar-refractivity contribution in [2.75, 3.05) is 13.7 Å². The minimum Gasteiger partial charge on any atom is -0.396 e. The number of rotatable bonds is 4. The highest BCUT2D eigenvalue weighted by molar-refractivity contribution is 6.34. The van der Waals surface area contributed by atoms with Crippen LogP contribution in [0.3, 0.4) is 0 Å². The molecule has 1 amide bonds. The third kappa shape index (κ3) is 2.48. The van der Waals surface area contributed by atoms with Crippen molar-refractivity contribution in [2.45, 2.75) is 40.2 Å². The molecule has 0 aromatic heterocycles. The summed E-state index contributed by atoms with van der Waals surface area (Å²) in [5, 5.41) is 18.9. The van der Waals surface area contributed by atoms with Gasteiger partial charge in [0.05, 0.1) is 11.4 Å². The Morgan fingerprint density at radius 3 is 2.58 bits per heavy atom. The van der Waals surface area contributed by atoms with Gasteiger partial charge in [0.25, 0.3) is 5.91 Å². The molecule has 1 unspecified atom stereocenters. The lowest BCUT2D eigenvalue weighted by Crippen LogP contribution is -2.63. The van der Waals surface area contributed by atoms with Gasteiger partial charge in [0.15, 0.2) is 0 Å². The molecule has 1 heterocycles. The summed E-state index contributed by atoms with van der Waals surface area (Å²) < 4.78 is 0. The van der Waals surface area contributed by atoms with Crippen LogP contribution in [-0.2, 0) is 9.63 Å². The first-order valence-electron chi connectivity index (χ1n) is 6.17. The van der Waals surface area contributed by atoms with Gasteiger partial charge in [-0.25, -0.2) is 5.01 Å². The number of hydroxylamine groups is 1. The first kappa shape index (κ1) is 15.6. The summed E-state index contributed by atoms with van der Waals surface area (Å²) in [6, 6.07) is 0. The molecule has 0 bridgehead atoms. The van der Waals surface area contributed by atoms with Gasteiger partial charge < -0.3 is 10.0 Å². The van der Waals surface area contributed by atoms with Crippen LogP contribution in [-0.4, -0.2) is 46.7 Å². The molecule has 0 saturated heterocycles. The summed E-state index contributed by atoms with van der Waals surface area (Å²) in [6.07, 6.45) is 0. The van der Waals surface area contributed by atoms with E-state index in [1.807, 2.05) is 20.8 Å². The van der Waals surface area contributed by atoms with Crippen molar-refractivity contribution < 1.29 is 14.8 Å². The van der Waals surface area contributed by atoms with Crippen molar-refractivity contribution in [1.29, 1.82) is 0 Å². The first-order chi connectivity index (χ1) is 8.71. The minimum atomic E-state index is -1.46. The zero-order valence-electron chi connectivity index (χ0n) is 12.3. The van der Waals surface area contributed by atoms with Crippen LogP contribution >= 0.6 is 0 Å². The van der Waals surface area contributed by atoms with Gasteiger partial charge in [0, 0.05) is 12.5 Å². The lowest BCUT2D eigenvalue weighted by atomic mass is 9.75. The topological polar surface area (TPSA) is 86.5 Å². The maximum absolute atomic E-state index is 12.4. The van der Waals surface area contributed by atoms with E-state index < -0.39 is 11.0 Å². The number of hydrogen-bond donors (Lipinski definition) is 2. The van der Waals surface area contributed by atoms with Crippen LogP contribution in [0.15, 0.2) is 10.3 Å². The average Bonchev–Trinajstić information content (AvgIpc) is 2.60. The number of oxime groups is 1. The second-order valence-electron chi connectivity index (χ2n) is 5.48. The van der Waals surface area contributed by atoms with E-state index in [0.717, 1.165) is 0 Å². The van der Waals surface area contributed by atoms with E-state index in [1.54, 1.807) is 20.9 Å². The number of nitrogens with zero attached hydrogens (tertiary/aromatic N) is 3. The Kier molecular flexibility index (Phi) is 4.32. The van der Waals surface area contributed by atoms with Gasteiger partial charge in [0.2, 0.25) is 5.54 Å². The lowest BCUT2D eigenvalue weighted by molar-refractivity contribution is -0.133. The molecule has 0 spiro atoms. The molecule has 0 aromatic carbocycles. The monoisotopic (exact) mass is 270 g/mol. The fraction of sp³-hybridized carbons (Fsp3) is 0.750. The molecule has 19 heavy (non-hydrogen) atoms. The molecule has 0 fully saturated rings. The first-order valence-corrected chi connectivity index (χ1v) is 6.17. The summed E-state index contributed by atoms with van der Waals surface area (Å²) in [5.74, 6) is -0.388. The van der Waals surface area contributed by atoms with Gasteiger partial charge >= 0.3 is 0 Å². The van der Waals surface area contributed by atoms with Crippen LogP contribution in [0.25, 0.3) is 0 Å². The summed E-state index contributed by atoms with van der Waals surface area (Å²) in [4.78, 5) is 17.4. The van der Waals surface area contributed by atoms with Gasteiger partial charge in [-0.1, -0.05) is 25.9 Å². The highest BCUT2D eigenvalue weighted by Gasteiger charge is 2.56. The Hall–Kier alpha value is -1.47. The molecule has 0 radical (unpaired) electrons. The molecule has 0 saturated carbocycles. The molecule has 7 heteroatoms. The van der Waals surface area contributed by atoms with E-state index in [1.165, 1.54) is 5.01 Å². The zero-order valence-corrected chi connectivity index (χ0v) is 12.3. The molecule has 7 nitrogen and oxygen atoms in total. The van der Waals surface area contributed by atoms with Crippen molar-refractivity contribution in [2.24, 2.45) is 15.7 Å². The molecule has 2 N–H and O–H groups in total. The highest BCUT2D eigenvalue weighted by atomic mass is 16.6. The fourth-order valence-electron chi connectivity index (χ4n) is 2.06. The Labute approximate surface area is 113 Å². The third-order valence-corrected chi connectivity index (χ3v) is 2.97. The number of likely N-dealkylation sites (N-methyl/N-ethyl adjacent to an activating group) is 1. The van der Waals surface area contributed by atoms with Gasteiger partial charge in [0.1, 0.15) is 6.61 Å². The van der Waals surface area contributed by atoms with E-state index in [2.05, 4.69) is 15.7 Å². The van der Waals surface area contributed by atoms with E-state index in [9.17, 15) is 10.0 Å². The highest BCUT2D eigenvalue weighted by Crippen LogP contribution is 2.32. The van der Waals surface area contributed by atoms with E-state index in [0.29, 0.717) is 18.0 Å². The van der Waals surface area contributed by atoms with Crippen LogP contribution in [0, 0.1) is 5.41 Å². The van der Waals surface area contributed by atoms with Gasteiger partial charge in [-0.05, 0) is 13.8 Å². The number of hydrazone groups is 1. The Balaban J connectivity index is 3.37. The van der Waals surface area contributed by atoms with Crippen LogP contribution in [0.4, 0.5) is 0 Å².